The summed E-state index contributed by atoms with van der Waals surface area (Å²) in [5.74, 6) is 1.03. The molecule has 1 aromatic heterocycles. The van der Waals surface area contributed by atoms with E-state index in [1.54, 1.807) is 0 Å². The number of anilines is 1. The number of hydrogen-bond acceptors (Lipinski definition) is 5. The van der Waals surface area contributed by atoms with E-state index in [9.17, 15) is 5.11 Å². The van der Waals surface area contributed by atoms with Gasteiger partial charge in [-0.25, -0.2) is 4.98 Å². The summed E-state index contributed by atoms with van der Waals surface area (Å²) in [6.07, 6.45) is 1.38. The largest absolute Gasteiger partial charge is 0.389 e. The van der Waals surface area contributed by atoms with E-state index in [0.29, 0.717) is 19.8 Å². The second-order valence-electron chi connectivity index (χ2n) is 6.13. The fraction of sp³-hybridized carbons (Fsp3) is 0.421. The molecule has 0 bridgehead atoms. The van der Waals surface area contributed by atoms with Crippen molar-refractivity contribution in [1.82, 2.24) is 9.88 Å². The zero-order chi connectivity index (χ0) is 16.6. The molecule has 0 amide bonds. The first kappa shape index (κ1) is 22.7. The maximum Gasteiger partial charge on any atom is 0.128 e. The number of rotatable bonds is 7. The van der Waals surface area contributed by atoms with Crippen molar-refractivity contribution in [3.63, 3.8) is 0 Å². The summed E-state index contributed by atoms with van der Waals surface area (Å²) in [7, 11) is 0. The Morgan fingerprint density at radius 3 is 2.31 bits per heavy atom. The molecule has 26 heavy (non-hydrogen) atoms. The molecule has 3 rings (SSSR count). The van der Waals surface area contributed by atoms with Crippen molar-refractivity contribution in [3.8, 4) is 0 Å². The highest BCUT2D eigenvalue weighted by Gasteiger charge is 2.19. The predicted molar refractivity (Wildman–Crippen MR) is 109 cm³/mol. The van der Waals surface area contributed by atoms with Gasteiger partial charge < -0.3 is 14.7 Å². The van der Waals surface area contributed by atoms with Gasteiger partial charge in [0.25, 0.3) is 0 Å². The molecule has 1 atom stereocenters. The van der Waals surface area contributed by atoms with Crippen LogP contribution in [0.2, 0.25) is 0 Å². The van der Waals surface area contributed by atoms with Gasteiger partial charge in [0, 0.05) is 38.9 Å². The Morgan fingerprint density at radius 1 is 0.962 bits per heavy atom. The lowest BCUT2D eigenvalue weighted by atomic mass is 10.2. The van der Waals surface area contributed by atoms with Crippen LogP contribution < -0.4 is 4.90 Å². The first-order valence-electron chi connectivity index (χ1n) is 8.49. The van der Waals surface area contributed by atoms with Crippen LogP contribution in [0.25, 0.3) is 0 Å². The molecule has 1 saturated heterocycles. The molecular formula is C19H27Cl2N3O2. The van der Waals surface area contributed by atoms with Crippen LogP contribution in [0.5, 0.6) is 0 Å². The lowest BCUT2D eigenvalue weighted by Gasteiger charge is -2.36. The van der Waals surface area contributed by atoms with E-state index >= 15 is 0 Å². The minimum atomic E-state index is -0.449. The van der Waals surface area contributed by atoms with Gasteiger partial charge in [-0.1, -0.05) is 36.4 Å². The summed E-state index contributed by atoms with van der Waals surface area (Å²) in [6.45, 7) is 5.33. The van der Waals surface area contributed by atoms with Crippen LogP contribution in [0.4, 0.5) is 5.82 Å². The minimum absolute atomic E-state index is 0. The number of ether oxygens (including phenoxy) is 1. The van der Waals surface area contributed by atoms with Crippen LogP contribution in [0.15, 0.2) is 54.7 Å². The zero-order valence-corrected chi connectivity index (χ0v) is 16.4. The van der Waals surface area contributed by atoms with Gasteiger partial charge in [0.15, 0.2) is 0 Å². The number of aliphatic hydroxyl groups excluding tert-OH is 1. The Morgan fingerprint density at radius 2 is 1.65 bits per heavy atom. The van der Waals surface area contributed by atoms with Crippen molar-refractivity contribution in [2.45, 2.75) is 12.7 Å². The molecule has 1 fully saturated rings. The summed E-state index contributed by atoms with van der Waals surface area (Å²) >= 11 is 0. The van der Waals surface area contributed by atoms with Crippen LogP contribution in [0.1, 0.15) is 5.56 Å². The van der Waals surface area contributed by atoms with E-state index < -0.39 is 6.10 Å². The Bertz CT molecular complexity index is 596. The molecule has 0 aliphatic carbocycles. The average molecular weight is 400 g/mol. The van der Waals surface area contributed by atoms with E-state index in [1.807, 2.05) is 54.7 Å². The van der Waals surface area contributed by atoms with Crippen LogP contribution in [-0.4, -0.2) is 60.4 Å². The van der Waals surface area contributed by atoms with Gasteiger partial charge in [-0.2, -0.15) is 0 Å². The Labute approximate surface area is 167 Å². The predicted octanol–water partition coefficient (Wildman–Crippen LogP) is 2.62. The second-order valence-corrected chi connectivity index (χ2v) is 6.13. The monoisotopic (exact) mass is 399 g/mol. The van der Waals surface area contributed by atoms with E-state index in [4.69, 9.17) is 4.74 Å². The molecular weight excluding hydrogens is 373 g/mol. The van der Waals surface area contributed by atoms with E-state index in [0.717, 1.165) is 37.6 Å². The van der Waals surface area contributed by atoms with E-state index in [1.165, 1.54) is 0 Å². The number of pyridine rings is 1. The standard InChI is InChI=1S/C19H25N3O2.2ClH/c23-18(16-24-15-17-6-2-1-3-7-17)14-21-10-12-22(13-11-21)19-8-4-5-9-20-19;;/h1-9,18,23H,10-16H2;2*1H. The van der Waals surface area contributed by atoms with Gasteiger partial charge in [0.1, 0.15) is 5.82 Å². The number of hydrogen-bond donors (Lipinski definition) is 1. The summed E-state index contributed by atoms with van der Waals surface area (Å²) < 4.78 is 5.62. The highest BCUT2D eigenvalue weighted by molar-refractivity contribution is 5.85. The molecule has 1 aliphatic heterocycles. The maximum absolute atomic E-state index is 10.2. The maximum atomic E-state index is 10.2. The highest BCUT2D eigenvalue weighted by Crippen LogP contribution is 2.12. The molecule has 1 aromatic carbocycles. The lowest BCUT2D eigenvalue weighted by molar-refractivity contribution is 0.00912. The van der Waals surface area contributed by atoms with Crippen LogP contribution in [0.3, 0.4) is 0 Å². The van der Waals surface area contributed by atoms with Crippen molar-refractivity contribution in [1.29, 1.82) is 0 Å². The molecule has 5 nitrogen and oxygen atoms in total. The van der Waals surface area contributed by atoms with Crippen molar-refractivity contribution < 1.29 is 9.84 Å². The number of aliphatic hydroxyl groups is 1. The average Bonchev–Trinajstić information content (AvgIpc) is 2.64. The molecule has 2 aromatic rings. The zero-order valence-electron chi connectivity index (χ0n) is 14.7. The number of β-amino-alcohol motifs (C(OH)–C–C–N with tert-alkyl or cyclic N) is 1. The lowest BCUT2D eigenvalue weighted by Crippen LogP contribution is -2.49. The summed E-state index contributed by atoms with van der Waals surface area (Å²) in [5.41, 5.74) is 1.13. The highest BCUT2D eigenvalue weighted by atomic mass is 35.5. The van der Waals surface area contributed by atoms with E-state index in [2.05, 4.69) is 14.8 Å². The van der Waals surface area contributed by atoms with Gasteiger partial charge in [-0.3, -0.25) is 4.90 Å². The molecule has 1 unspecified atom stereocenters. The Hall–Kier alpha value is -1.37. The third-order valence-electron chi connectivity index (χ3n) is 4.24. The molecule has 1 N–H and O–H groups in total. The SMILES string of the molecule is Cl.Cl.OC(COCc1ccccc1)CN1CCN(c2ccccn2)CC1. The van der Waals surface area contributed by atoms with Crippen LogP contribution >= 0.6 is 24.8 Å². The van der Waals surface area contributed by atoms with Gasteiger partial charge in [-0.15, -0.1) is 24.8 Å². The van der Waals surface area contributed by atoms with Crippen LogP contribution in [0, 0.1) is 0 Å². The number of halogens is 2. The summed E-state index contributed by atoms with van der Waals surface area (Å²) in [6, 6.07) is 16.0. The van der Waals surface area contributed by atoms with Gasteiger partial charge in [0.2, 0.25) is 0 Å². The molecule has 0 spiro atoms. The number of piperazine rings is 1. The molecule has 0 radical (unpaired) electrons. The molecule has 144 valence electrons. The minimum Gasteiger partial charge on any atom is -0.389 e. The molecule has 0 saturated carbocycles. The molecule has 2 heterocycles. The second kappa shape index (κ2) is 12.1. The topological polar surface area (TPSA) is 48.8 Å². The first-order chi connectivity index (χ1) is 11.8. The number of aromatic nitrogens is 1. The van der Waals surface area contributed by atoms with Gasteiger partial charge >= 0.3 is 0 Å². The Balaban J connectivity index is 0.00000169. The fourth-order valence-electron chi connectivity index (χ4n) is 2.94. The summed E-state index contributed by atoms with van der Waals surface area (Å²) in [5, 5.41) is 10.2. The quantitative estimate of drug-likeness (QED) is 0.775. The number of nitrogens with zero attached hydrogens (tertiary/aromatic N) is 3. The first-order valence-corrected chi connectivity index (χ1v) is 8.49. The van der Waals surface area contributed by atoms with Crippen molar-refractivity contribution in [2.24, 2.45) is 0 Å². The van der Waals surface area contributed by atoms with Gasteiger partial charge in [0.05, 0.1) is 19.3 Å². The van der Waals surface area contributed by atoms with Crippen molar-refractivity contribution >= 4 is 30.6 Å². The normalized spacial score (nSPS) is 15.7. The van der Waals surface area contributed by atoms with Crippen molar-refractivity contribution in [2.75, 3.05) is 44.2 Å². The summed E-state index contributed by atoms with van der Waals surface area (Å²) in [4.78, 5) is 8.97. The smallest absolute Gasteiger partial charge is 0.128 e. The Kier molecular flexibility index (Phi) is 10.5. The number of benzene rings is 1. The molecule has 7 heteroatoms. The van der Waals surface area contributed by atoms with Crippen molar-refractivity contribution in [3.05, 3.63) is 60.3 Å². The molecule has 1 aliphatic rings. The van der Waals surface area contributed by atoms with Gasteiger partial charge in [-0.05, 0) is 17.7 Å². The fourth-order valence-corrected chi connectivity index (χ4v) is 2.94. The van der Waals surface area contributed by atoms with Crippen LogP contribution in [-0.2, 0) is 11.3 Å². The third-order valence-corrected chi connectivity index (χ3v) is 4.24. The third kappa shape index (κ3) is 7.09. The van der Waals surface area contributed by atoms with E-state index in [-0.39, 0.29) is 24.8 Å².